The molecular weight excluding hydrogens is 240 g/mol. The summed E-state index contributed by atoms with van der Waals surface area (Å²) in [5.74, 6) is 0.362. The number of carbonyl (C=O) groups excluding carboxylic acids is 1. The van der Waals surface area contributed by atoms with Gasteiger partial charge in [-0.05, 0) is 44.9 Å². The van der Waals surface area contributed by atoms with Gasteiger partial charge in [0.05, 0.1) is 0 Å². The van der Waals surface area contributed by atoms with Crippen molar-refractivity contribution in [3.8, 4) is 0 Å². The standard InChI is InChI=1S/C15H30N2O2/c1-14(2,3)12(16)11-8-7-9-17(10-11)13(18)19-15(4,5)6/h11-12H,7-10,16H2,1-6H3/t11-,12-/m0/s1. The topological polar surface area (TPSA) is 55.6 Å². The van der Waals surface area contributed by atoms with E-state index in [-0.39, 0.29) is 17.6 Å². The number of nitrogens with zero attached hydrogens (tertiary/aromatic N) is 1. The molecule has 112 valence electrons. The Morgan fingerprint density at radius 2 is 1.84 bits per heavy atom. The summed E-state index contributed by atoms with van der Waals surface area (Å²) in [5, 5.41) is 0. The summed E-state index contributed by atoms with van der Waals surface area (Å²) in [6.45, 7) is 13.7. The maximum atomic E-state index is 12.1. The first kappa shape index (κ1) is 16.3. The lowest BCUT2D eigenvalue weighted by Crippen LogP contribution is -2.51. The van der Waals surface area contributed by atoms with Crippen LogP contribution in [0.25, 0.3) is 0 Å². The Bertz CT molecular complexity index is 315. The third-order valence-corrected chi connectivity index (χ3v) is 3.62. The van der Waals surface area contributed by atoms with E-state index in [2.05, 4.69) is 20.8 Å². The molecular formula is C15H30N2O2. The Hall–Kier alpha value is -0.770. The van der Waals surface area contributed by atoms with Crippen molar-refractivity contribution in [2.75, 3.05) is 13.1 Å². The largest absolute Gasteiger partial charge is 0.444 e. The van der Waals surface area contributed by atoms with Crippen LogP contribution in [-0.4, -0.2) is 35.7 Å². The number of rotatable bonds is 1. The van der Waals surface area contributed by atoms with Gasteiger partial charge < -0.3 is 15.4 Å². The maximum Gasteiger partial charge on any atom is 0.410 e. The Morgan fingerprint density at radius 1 is 1.26 bits per heavy atom. The predicted molar refractivity (Wildman–Crippen MR) is 78.0 cm³/mol. The highest BCUT2D eigenvalue weighted by atomic mass is 16.6. The molecule has 4 heteroatoms. The maximum absolute atomic E-state index is 12.1. The highest BCUT2D eigenvalue weighted by molar-refractivity contribution is 5.68. The van der Waals surface area contributed by atoms with Crippen molar-refractivity contribution in [3.05, 3.63) is 0 Å². The molecule has 1 heterocycles. The molecule has 0 aromatic rings. The molecule has 1 fully saturated rings. The first-order chi connectivity index (χ1) is 8.50. The second-order valence-electron chi connectivity index (χ2n) is 7.72. The van der Waals surface area contributed by atoms with E-state index < -0.39 is 5.60 Å². The van der Waals surface area contributed by atoms with Crippen LogP contribution in [0, 0.1) is 11.3 Å². The molecule has 0 bridgehead atoms. The van der Waals surface area contributed by atoms with Gasteiger partial charge in [0.1, 0.15) is 5.60 Å². The summed E-state index contributed by atoms with van der Waals surface area (Å²) in [6, 6.07) is 0.109. The fraction of sp³-hybridized carbons (Fsp3) is 0.933. The molecule has 0 spiro atoms. The SMILES string of the molecule is CC(C)(C)OC(=O)N1CCC[C@H]([C@H](N)C(C)(C)C)C1. The number of hydrogen-bond acceptors (Lipinski definition) is 3. The Balaban J connectivity index is 2.62. The van der Waals surface area contributed by atoms with Gasteiger partial charge in [-0.3, -0.25) is 0 Å². The van der Waals surface area contributed by atoms with Crippen LogP contribution >= 0.6 is 0 Å². The monoisotopic (exact) mass is 270 g/mol. The van der Waals surface area contributed by atoms with Crippen molar-refractivity contribution in [2.24, 2.45) is 17.1 Å². The van der Waals surface area contributed by atoms with Gasteiger partial charge in [0.25, 0.3) is 0 Å². The number of nitrogens with two attached hydrogens (primary N) is 1. The Kier molecular flexibility index (Phi) is 4.88. The summed E-state index contributed by atoms with van der Waals surface area (Å²) in [4.78, 5) is 13.9. The Morgan fingerprint density at radius 3 is 2.32 bits per heavy atom. The van der Waals surface area contributed by atoms with E-state index in [0.29, 0.717) is 12.5 Å². The van der Waals surface area contributed by atoms with Crippen molar-refractivity contribution in [1.29, 1.82) is 0 Å². The van der Waals surface area contributed by atoms with Gasteiger partial charge in [-0.15, -0.1) is 0 Å². The van der Waals surface area contributed by atoms with E-state index in [4.69, 9.17) is 10.5 Å². The summed E-state index contributed by atoms with van der Waals surface area (Å²) in [5.41, 5.74) is 5.97. The van der Waals surface area contributed by atoms with Gasteiger partial charge in [0, 0.05) is 19.1 Å². The van der Waals surface area contributed by atoms with E-state index in [1.54, 1.807) is 0 Å². The van der Waals surface area contributed by atoms with Gasteiger partial charge >= 0.3 is 6.09 Å². The molecule has 0 radical (unpaired) electrons. The van der Waals surface area contributed by atoms with Gasteiger partial charge in [0.2, 0.25) is 0 Å². The van der Waals surface area contributed by atoms with Gasteiger partial charge in [-0.2, -0.15) is 0 Å². The number of hydrogen-bond donors (Lipinski definition) is 1. The van der Waals surface area contributed by atoms with Gasteiger partial charge in [-0.1, -0.05) is 20.8 Å². The zero-order valence-electron chi connectivity index (χ0n) is 13.3. The van der Waals surface area contributed by atoms with E-state index in [9.17, 15) is 4.79 Å². The highest BCUT2D eigenvalue weighted by Crippen LogP contribution is 2.29. The summed E-state index contributed by atoms with van der Waals surface area (Å²) in [6.07, 6.45) is 1.89. The number of ether oxygens (including phenoxy) is 1. The van der Waals surface area contributed by atoms with Crippen LogP contribution < -0.4 is 5.73 Å². The molecule has 1 saturated heterocycles. The molecule has 0 saturated carbocycles. The fourth-order valence-corrected chi connectivity index (χ4v) is 2.50. The lowest BCUT2D eigenvalue weighted by Gasteiger charge is -2.40. The minimum absolute atomic E-state index is 0.0710. The Labute approximate surface area is 117 Å². The minimum Gasteiger partial charge on any atom is -0.444 e. The third kappa shape index (κ3) is 5.01. The van der Waals surface area contributed by atoms with Crippen LogP contribution in [-0.2, 0) is 4.74 Å². The van der Waals surface area contributed by atoms with Gasteiger partial charge in [-0.25, -0.2) is 4.79 Å². The predicted octanol–water partition coefficient (Wildman–Crippen LogP) is 3.01. The molecule has 0 aromatic heterocycles. The zero-order valence-corrected chi connectivity index (χ0v) is 13.3. The molecule has 0 unspecified atom stereocenters. The molecule has 1 rings (SSSR count). The van der Waals surface area contributed by atoms with E-state index in [0.717, 1.165) is 19.4 Å². The smallest absolute Gasteiger partial charge is 0.410 e. The van der Waals surface area contributed by atoms with E-state index in [1.807, 2.05) is 25.7 Å². The molecule has 2 atom stereocenters. The van der Waals surface area contributed by atoms with Gasteiger partial charge in [0.15, 0.2) is 0 Å². The lowest BCUT2D eigenvalue weighted by atomic mass is 9.76. The molecule has 1 amide bonds. The molecule has 2 N–H and O–H groups in total. The lowest BCUT2D eigenvalue weighted by molar-refractivity contribution is 0.0124. The van der Waals surface area contributed by atoms with Crippen molar-refractivity contribution in [2.45, 2.75) is 66.0 Å². The second-order valence-corrected chi connectivity index (χ2v) is 7.72. The molecule has 4 nitrogen and oxygen atoms in total. The average Bonchev–Trinajstić information content (AvgIpc) is 2.24. The van der Waals surface area contributed by atoms with Crippen molar-refractivity contribution in [3.63, 3.8) is 0 Å². The van der Waals surface area contributed by atoms with Crippen molar-refractivity contribution >= 4 is 6.09 Å². The number of piperidine rings is 1. The number of carbonyl (C=O) groups is 1. The average molecular weight is 270 g/mol. The number of likely N-dealkylation sites (tertiary alicyclic amines) is 1. The summed E-state index contributed by atoms with van der Waals surface area (Å²) in [7, 11) is 0. The first-order valence-electron chi connectivity index (χ1n) is 7.24. The first-order valence-corrected chi connectivity index (χ1v) is 7.24. The fourth-order valence-electron chi connectivity index (χ4n) is 2.50. The van der Waals surface area contributed by atoms with E-state index in [1.165, 1.54) is 0 Å². The van der Waals surface area contributed by atoms with Crippen molar-refractivity contribution in [1.82, 2.24) is 4.90 Å². The van der Waals surface area contributed by atoms with Crippen LogP contribution in [0.3, 0.4) is 0 Å². The quantitative estimate of drug-likeness (QED) is 0.797. The van der Waals surface area contributed by atoms with Crippen LogP contribution in [0.15, 0.2) is 0 Å². The van der Waals surface area contributed by atoms with Crippen molar-refractivity contribution < 1.29 is 9.53 Å². The molecule has 0 aliphatic carbocycles. The molecule has 0 aromatic carbocycles. The van der Waals surface area contributed by atoms with Crippen LogP contribution in [0.2, 0.25) is 0 Å². The van der Waals surface area contributed by atoms with E-state index >= 15 is 0 Å². The zero-order chi connectivity index (χ0) is 14.8. The molecule has 1 aliphatic rings. The number of amides is 1. The summed E-state index contributed by atoms with van der Waals surface area (Å²) < 4.78 is 5.44. The highest BCUT2D eigenvalue weighted by Gasteiger charge is 2.34. The van der Waals surface area contributed by atoms with Crippen LogP contribution in [0.4, 0.5) is 4.79 Å². The second kappa shape index (κ2) is 5.70. The molecule has 19 heavy (non-hydrogen) atoms. The molecule has 1 aliphatic heterocycles. The third-order valence-electron chi connectivity index (χ3n) is 3.62. The minimum atomic E-state index is -0.434. The van der Waals surface area contributed by atoms with Crippen LogP contribution in [0.5, 0.6) is 0 Å². The van der Waals surface area contributed by atoms with Crippen LogP contribution in [0.1, 0.15) is 54.4 Å². The summed E-state index contributed by atoms with van der Waals surface area (Å²) >= 11 is 0. The normalized spacial score (nSPS) is 23.1.